The molecule has 1 atom stereocenters. The molecule has 2 saturated heterocycles. The van der Waals surface area contributed by atoms with Crippen LogP contribution in [0.4, 0.5) is 18.9 Å². The molecule has 2 fully saturated rings. The average Bonchev–Trinajstić information content (AvgIpc) is 2.98. The highest BCUT2D eigenvalue weighted by Crippen LogP contribution is 2.30. The van der Waals surface area contributed by atoms with Gasteiger partial charge in [-0.15, -0.1) is 12.4 Å². The van der Waals surface area contributed by atoms with Crippen LogP contribution >= 0.6 is 12.4 Å². The maximum absolute atomic E-state index is 12.9. The second-order valence-corrected chi connectivity index (χ2v) is 7.64. The molecule has 5 nitrogen and oxygen atoms in total. The quantitative estimate of drug-likeness (QED) is 0.752. The Kier molecular flexibility index (Phi) is 7.56. The molecule has 3 rings (SSSR count). The van der Waals surface area contributed by atoms with E-state index in [-0.39, 0.29) is 24.2 Å². The van der Waals surface area contributed by atoms with Gasteiger partial charge in [0.1, 0.15) is 5.69 Å². The van der Waals surface area contributed by atoms with E-state index in [1.54, 1.807) is 0 Å². The Labute approximate surface area is 170 Å². The number of nitrogens with zero attached hydrogens (tertiary/aromatic N) is 4. The van der Waals surface area contributed by atoms with Crippen LogP contribution < -0.4 is 4.90 Å². The minimum atomic E-state index is -4.43. The smallest absolute Gasteiger partial charge is 0.369 e. The maximum atomic E-state index is 12.9. The summed E-state index contributed by atoms with van der Waals surface area (Å²) in [4.78, 5) is 22.7. The Hall–Kier alpha value is -1.54. The predicted molar refractivity (Wildman–Crippen MR) is 105 cm³/mol. The molecule has 0 aromatic carbocycles. The fourth-order valence-electron chi connectivity index (χ4n) is 3.87. The summed E-state index contributed by atoms with van der Waals surface area (Å²) in [6, 6.07) is 2.92. The number of carbonyl (C=O) groups excluding carboxylic acids is 1. The van der Waals surface area contributed by atoms with Gasteiger partial charge in [-0.2, -0.15) is 13.2 Å². The number of pyridine rings is 1. The predicted octanol–water partition coefficient (Wildman–Crippen LogP) is 3.29. The third-order valence-electron chi connectivity index (χ3n) is 5.51. The van der Waals surface area contributed by atoms with E-state index >= 15 is 0 Å². The Balaban J connectivity index is 0.00000280. The van der Waals surface area contributed by atoms with Crippen LogP contribution in [0.2, 0.25) is 0 Å². The Bertz CT molecular complexity index is 654. The van der Waals surface area contributed by atoms with E-state index in [1.807, 2.05) is 9.80 Å². The third-order valence-corrected chi connectivity index (χ3v) is 5.51. The van der Waals surface area contributed by atoms with Crippen molar-refractivity contribution in [3.63, 3.8) is 0 Å². The minimum absolute atomic E-state index is 0. The molecular weight excluding hydrogens is 393 g/mol. The maximum Gasteiger partial charge on any atom is 0.433 e. The molecule has 0 bridgehead atoms. The van der Waals surface area contributed by atoms with Crippen LogP contribution in [0.1, 0.15) is 32.4 Å². The number of halogens is 4. The molecule has 9 heteroatoms. The highest BCUT2D eigenvalue weighted by atomic mass is 35.5. The summed E-state index contributed by atoms with van der Waals surface area (Å²) in [5, 5.41) is 0. The van der Waals surface area contributed by atoms with E-state index < -0.39 is 11.9 Å². The molecule has 3 heterocycles. The summed E-state index contributed by atoms with van der Waals surface area (Å²) in [6.45, 7) is 8.97. The van der Waals surface area contributed by atoms with Gasteiger partial charge in [-0.25, -0.2) is 4.98 Å². The summed E-state index contributed by atoms with van der Waals surface area (Å²) in [5.74, 6) is 0.0702. The van der Waals surface area contributed by atoms with Crippen LogP contribution in [-0.2, 0) is 11.0 Å². The van der Waals surface area contributed by atoms with Gasteiger partial charge < -0.3 is 9.80 Å². The lowest BCUT2D eigenvalue weighted by atomic mass is 10.1. The molecule has 1 amide bonds. The first-order valence-electron chi connectivity index (χ1n) is 9.56. The standard InChI is InChI=1S/C19H27F3N4O.ClH/c1-14(2)24-7-3-8-25(11-10-24)18(27)15-6-9-26(13-15)16-4-5-17(23-12-16)19(20,21)22;/h4-5,12,14-15H,3,6-11,13H2,1-2H3;1H/t15-;/m1./s1. The van der Waals surface area contributed by atoms with E-state index in [9.17, 15) is 18.0 Å². The van der Waals surface area contributed by atoms with Gasteiger partial charge in [0, 0.05) is 45.3 Å². The number of amides is 1. The molecule has 0 saturated carbocycles. The van der Waals surface area contributed by atoms with Gasteiger partial charge in [0.05, 0.1) is 17.8 Å². The van der Waals surface area contributed by atoms with Gasteiger partial charge >= 0.3 is 6.18 Å². The van der Waals surface area contributed by atoms with Crippen molar-refractivity contribution in [2.75, 3.05) is 44.2 Å². The van der Waals surface area contributed by atoms with E-state index in [0.29, 0.717) is 24.8 Å². The Morgan fingerprint density at radius 1 is 1.14 bits per heavy atom. The number of aromatic nitrogens is 1. The number of hydrogen-bond acceptors (Lipinski definition) is 4. The second-order valence-electron chi connectivity index (χ2n) is 7.64. The van der Waals surface area contributed by atoms with E-state index in [2.05, 4.69) is 23.7 Å². The van der Waals surface area contributed by atoms with Crippen LogP contribution in [0.15, 0.2) is 18.3 Å². The minimum Gasteiger partial charge on any atom is -0.369 e. The van der Waals surface area contributed by atoms with Crippen molar-refractivity contribution in [1.29, 1.82) is 0 Å². The SMILES string of the molecule is CC(C)N1CCCN(C(=O)[C@@H]2CCN(c3ccc(C(F)(F)F)nc3)C2)CC1.Cl. The lowest BCUT2D eigenvalue weighted by molar-refractivity contribution is -0.141. The van der Waals surface area contributed by atoms with E-state index in [1.165, 1.54) is 12.3 Å². The Morgan fingerprint density at radius 3 is 2.50 bits per heavy atom. The number of anilines is 1. The topological polar surface area (TPSA) is 39.7 Å². The van der Waals surface area contributed by atoms with Crippen molar-refractivity contribution >= 4 is 24.0 Å². The van der Waals surface area contributed by atoms with Crippen LogP contribution in [0.25, 0.3) is 0 Å². The summed E-state index contributed by atoms with van der Waals surface area (Å²) in [5.41, 5.74) is -0.252. The summed E-state index contributed by atoms with van der Waals surface area (Å²) in [6.07, 6.45) is -1.48. The Morgan fingerprint density at radius 2 is 1.89 bits per heavy atom. The van der Waals surface area contributed by atoms with Crippen molar-refractivity contribution in [2.45, 2.75) is 38.9 Å². The van der Waals surface area contributed by atoms with Gasteiger partial charge in [-0.1, -0.05) is 0 Å². The number of hydrogen-bond donors (Lipinski definition) is 0. The molecule has 0 aliphatic carbocycles. The van der Waals surface area contributed by atoms with Crippen LogP contribution in [-0.4, -0.2) is 66.0 Å². The highest BCUT2D eigenvalue weighted by Gasteiger charge is 2.34. The zero-order chi connectivity index (χ0) is 19.6. The summed E-state index contributed by atoms with van der Waals surface area (Å²) in [7, 11) is 0. The van der Waals surface area contributed by atoms with Crippen molar-refractivity contribution in [2.24, 2.45) is 5.92 Å². The number of rotatable bonds is 3. The highest BCUT2D eigenvalue weighted by molar-refractivity contribution is 5.85. The first kappa shape index (κ1) is 22.7. The zero-order valence-electron chi connectivity index (χ0n) is 16.3. The van der Waals surface area contributed by atoms with Crippen molar-refractivity contribution in [3.8, 4) is 0 Å². The van der Waals surface area contributed by atoms with Crippen molar-refractivity contribution in [3.05, 3.63) is 24.0 Å². The lowest BCUT2D eigenvalue weighted by Gasteiger charge is -2.26. The van der Waals surface area contributed by atoms with Crippen LogP contribution in [0, 0.1) is 5.92 Å². The molecule has 0 radical (unpaired) electrons. The fraction of sp³-hybridized carbons (Fsp3) is 0.684. The molecule has 2 aliphatic heterocycles. The molecule has 1 aromatic heterocycles. The number of carbonyl (C=O) groups is 1. The molecule has 0 spiro atoms. The van der Waals surface area contributed by atoms with Gasteiger partial charge in [-0.3, -0.25) is 9.69 Å². The first-order chi connectivity index (χ1) is 12.8. The van der Waals surface area contributed by atoms with Gasteiger partial charge in [0.15, 0.2) is 0 Å². The van der Waals surface area contributed by atoms with Gasteiger partial charge in [-0.05, 0) is 38.8 Å². The van der Waals surface area contributed by atoms with Crippen molar-refractivity contribution in [1.82, 2.24) is 14.8 Å². The lowest BCUT2D eigenvalue weighted by Crippen LogP contribution is -2.40. The molecule has 2 aliphatic rings. The average molecular weight is 421 g/mol. The second kappa shape index (κ2) is 9.31. The summed E-state index contributed by atoms with van der Waals surface area (Å²) < 4.78 is 38.0. The molecule has 158 valence electrons. The van der Waals surface area contributed by atoms with Crippen LogP contribution in [0.3, 0.4) is 0 Å². The molecular formula is C19H28ClF3N4O. The molecule has 1 aromatic rings. The summed E-state index contributed by atoms with van der Waals surface area (Å²) >= 11 is 0. The molecule has 0 unspecified atom stereocenters. The molecule has 28 heavy (non-hydrogen) atoms. The molecule has 0 N–H and O–H groups in total. The van der Waals surface area contributed by atoms with Crippen LogP contribution in [0.5, 0.6) is 0 Å². The van der Waals surface area contributed by atoms with E-state index in [0.717, 1.165) is 45.1 Å². The fourth-order valence-corrected chi connectivity index (χ4v) is 3.87. The third kappa shape index (κ3) is 5.29. The van der Waals surface area contributed by atoms with Gasteiger partial charge in [0.25, 0.3) is 0 Å². The van der Waals surface area contributed by atoms with E-state index in [4.69, 9.17) is 0 Å². The largest absolute Gasteiger partial charge is 0.433 e. The van der Waals surface area contributed by atoms with Gasteiger partial charge in [0.2, 0.25) is 5.91 Å². The van der Waals surface area contributed by atoms with Crippen molar-refractivity contribution < 1.29 is 18.0 Å². The zero-order valence-corrected chi connectivity index (χ0v) is 17.1. The first-order valence-corrected chi connectivity index (χ1v) is 9.56. The monoisotopic (exact) mass is 420 g/mol. The normalized spacial score (nSPS) is 21.6. The number of alkyl halides is 3.